The quantitative estimate of drug-likeness (QED) is 0.759. The molecule has 4 rings (SSSR count). The Morgan fingerprint density at radius 3 is 2.06 bits per heavy atom. The highest BCUT2D eigenvalue weighted by atomic mass is 32.3. The summed E-state index contributed by atoms with van der Waals surface area (Å²) in [4.78, 5) is 2.70. The first kappa shape index (κ1) is 11.1. The molecule has 98 valence electrons. The van der Waals surface area contributed by atoms with E-state index < -0.39 is 10.6 Å². The van der Waals surface area contributed by atoms with Gasteiger partial charge in [-0.15, -0.1) is 0 Å². The number of rotatable bonds is 1. The SMILES string of the molecule is OS1(O)CC2(CCN(C3C[C@@H]4C[C@@H]4C3)CC2)C1. The highest BCUT2D eigenvalue weighted by Gasteiger charge is 2.52. The van der Waals surface area contributed by atoms with E-state index in [0.717, 1.165) is 17.9 Å². The largest absolute Gasteiger partial charge is 0.300 e. The Bertz CT molecular complexity index is 318. The lowest BCUT2D eigenvalue weighted by Gasteiger charge is -2.59. The molecule has 1 unspecified atom stereocenters. The van der Waals surface area contributed by atoms with E-state index >= 15 is 0 Å². The molecule has 0 aromatic rings. The van der Waals surface area contributed by atoms with Crippen LogP contribution in [-0.4, -0.2) is 44.6 Å². The average Bonchev–Trinajstić information content (AvgIpc) is 2.84. The lowest BCUT2D eigenvalue weighted by molar-refractivity contribution is 0.0821. The summed E-state index contributed by atoms with van der Waals surface area (Å²) in [5, 5.41) is 0. The molecule has 3 nitrogen and oxygen atoms in total. The van der Waals surface area contributed by atoms with Crippen molar-refractivity contribution in [2.75, 3.05) is 24.6 Å². The van der Waals surface area contributed by atoms with Crippen LogP contribution in [0.15, 0.2) is 0 Å². The molecule has 1 spiro atoms. The van der Waals surface area contributed by atoms with Gasteiger partial charge < -0.3 is 4.90 Å². The van der Waals surface area contributed by atoms with Gasteiger partial charge in [0.25, 0.3) is 0 Å². The monoisotopic (exact) mass is 257 g/mol. The van der Waals surface area contributed by atoms with E-state index in [-0.39, 0.29) is 0 Å². The Hall–Kier alpha value is 0.230. The highest BCUT2D eigenvalue weighted by Crippen LogP contribution is 2.63. The van der Waals surface area contributed by atoms with Crippen LogP contribution < -0.4 is 0 Å². The van der Waals surface area contributed by atoms with E-state index in [9.17, 15) is 9.11 Å². The van der Waals surface area contributed by atoms with Crippen LogP contribution >= 0.6 is 10.6 Å². The predicted molar refractivity (Wildman–Crippen MR) is 70.4 cm³/mol. The lowest BCUT2D eigenvalue weighted by Crippen LogP contribution is -2.53. The van der Waals surface area contributed by atoms with Crippen LogP contribution in [0.4, 0.5) is 0 Å². The Morgan fingerprint density at radius 1 is 0.941 bits per heavy atom. The summed E-state index contributed by atoms with van der Waals surface area (Å²) in [5.74, 6) is 3.55. The molecule has 0 amide bonds. The molecule has 2 N–H and O–H groups in total. The molecule has 0 bridgehead atoms. The predicted octanol–water partition coefficient (Wildman–Crippen LogP) is 2.63. The Morgan fingerprint density at radius 2 is 1.53 bits per heavy atom. The number of fused-ring (bicyclic) bond motifs is 1. The number of piperidine rings is 1. The number of hydrogen-bond acceptors (Lipinski definition) is 3. The lowest BCUT2D eigenvalue weighted by atomic mass is 9.80. The summed E-state index contributed by atoms with van der Waals surface area (Å²) in [7, 11) is -2.15. The average molecular weight is 257 g/mol. The first-order chi connectivity index (χ1) is 8.05. The van der Waals surface area contributed by atoms with E-state index in [4.69, 9.17) is 0 Å². The van der Waals surface area contributed by atoms with Crippen LogP contribution in [0.1, 0.15) is 32.1 Å². The third-order valence-corrected chi connectivity index (χ3v) is 7.82. The summed E-state index contributed by atoms with van der Waals surface area (Å²) >= 11 is 0. The second kappa shape index (κ2) is 3.41. The molecular weight excluding hydrogens is 234 g/mol. The van der Waals surface area contributed by atoms with Gasteiger partial charge in [-0.05, 0) is 57.0 Å². The Kier molecular flexibility index (Phi) is 2.22. The smallest absolute Gasteiger partial charge is 0.0447 e. The van der Waals surface area contributed by atoms with Gasteiger partial charge in [0.15, 0.2) is 0 Å². The molecule has 2 aliphatic heterocycles. The number of hydrogen-bond donors (Lipinski definition) is 2. The normalized spacial score (nSPS) is 48.5. The second-order valence-corrected chi connectivity index (χ2v) is 9.19. The fourth-order valence-corrected chi connectivity index (χ4v) is 7.03. The van der Waals surface area contributed by atoms with Crippen molar-refractivity contribution in [3.8, 4) is 0 Å². The van der Waals surface area contributed by atoms with Crippen LogP contribution in [0.2, 0.25) is 0 Å². The van der Waals surface area contributed by atoms with Crippen molar-refractivity contribution in [2.24, 2.45) is 17.3 Å². The molecule has 2 saturated carbocycles. The van der Waals surface area contributed by atoms with Crippen molar-refractivity contribution in [3.05, 3.63) is 0 Å². The van der Waals surface area contributed by atoms with Gasteiger partial charge in [0.1, 0.15) is 0 Å². The van der Waals surface area contributed by atoms with Crippen molar-refractivity contribution in [3.63, 3.8) is 0 Å². The molecule has 4 aliphatic rings. The van der Waals surface area contributed by atoms with Crippen LogP contribution in [-0.2, 0) is 0 Å². The topological polar surface area (TPSA) is 43.7 Å². The minimum atomic E-state index is -2.15. The molecule has 0 radical (unpaired) electrons. The van der Waals surface area contributed by atoms with Gasteiger partial charge in [-0.2, -0.15) is 10.6 Å². The fraction of sp³-hybridized carbons (Fsp3) is 1.00. The zero-order valence-electron chi connectivity index (χ0n) is 10.3. The third-order valence-electron chi connectivity index (χ3n) is 5.67. The van der Waals surface area contributed by atoms with E-state index in [1.165, 1.54) is 45.2 Å². The molecule has 4 heteroatoms. The van der Waals surface area contributed by atoms with Gasteiger partial charge in [0.05, 0.1) is 0 Å². The first-order valence-electron chi connectivity index (χ1n) is 7.03. The van der Waals surface area contributed by atoms with Crippen molar-refractivity contribution < 1.29 is 9.11 Å². The summed E-state index contributed by atoms with van der Waals surface area (Å²) in [6, 6.07) is 0.872. The van der Waals surface area contributed by atoms with Gasteiger partial charge >= 0.3 is 0 Å². The van der Waals surface area contributed by atoms with Crippen molar-refractivity contribution in [1.29, 1.82) is 0 Å². The molecule has 2 saturated heterocycles. The van der Waals surface area contributed by atoms with Crippen molar-refractivity contribution in [1.82, 2.24) is 4.90 Å². The maximum atomic E-state index is 9.57. The summed E-state index contributed by atoms with van der Waals surface area (Å²) in [5.41, 5.74) is 0.316. The van der Waals surface area contributed by atoms with Gasteiger partial charge in [-0.3, -0.25) is 9.11 Å². The Labute approximate surface area is 105 Å². The van der Waals surface area contributed by atoms with Gasteiger partial charge in [0, 0.05) is 23.0 Å². The standard InChI is InChI=1S/C13H23NO2S/c15-17(16)8-13(9-17)1-3-14(4-2-13)12-6-10-5-11(10)7-12/h10-12,15-16H,1-9H2/t10-,11+,12?. The van der Waals surface area contributed by atoms with E-state index in [1.54, 1.807) is 0 Å². The minimum Gasteiger partial charge on any atom is -0.300 e. The second-order valence-electron chi connectivity index (χ2n) is 7.01. The van der Waals surface area contributed by atoms with Gasteiger partial charge in [-0.25, -0.2) is 0 Å². The highest BCUT2D eigenvalue weighted by molar-refractivity contribution is 8.25. The van der Waals surface area contributed by atoms with Crippen LogP contribution in [0.5, 0.6) is 0 Å². The van der Waals surface area contributed by atoms with Gasteiger partial charge in [-0.1, -0.05) is 0 Å². The Balaban J connectivity index is 1.33. The molecule has 2 aliphatic carbocycles. The molecule has 17 heavy (non-hydrogen) atoms. The van der Waals surface area contributed by atoms with Crippen molar-refractivity contribution >= 4 is 10.6 Å². The number of nitrogens with zero attached hydrogens (tertiary/aromatic N) is 1. The number of likely N-dealkylation sites (tertiary alicyclic amines) is 1. The maximum Gasteiger partial charge on any atom is 0.0447 e. The van der Waals surface area contributed by atoms with Crippen LogP contribution in [0, 0.1) is 17.3 Å². The van der Waals surface area contributed by atoms with E-state index in [1.807, 2.05) is 0 Å². The summed E-state index contributed by atoms with van der Waals surface area (Å²) < 4.78 is 19.1. The molecule has 4 fully saturated rings. The van der Waals surface area contributed by atoms with Gasteiger partial charge in [0.2, 0.25) is 0 Å². The van der Waals surface area contributed by atoms with Crippen LogP contribution in [0.3, 0.4) is 0 Å². The molecule has 0 aromatic carbocycles. The van der Waals surface area contributed by atoms with E-state index in [0.29, 0.717) is 16.9 Å². The minimum absolute atomic E-state index is 0.316. The zero-order valence-corrected chi connectivity index (χ0v) is 11.2. The van der Waals surface area contributed by atoms with Crippen LogP contribution in [0.25, 0.3) is 0 Å². The van der Waals surface area contributed by atoms with E-state index in [2.05, 4.69) is 4.90 Å². The summed E-state index contributed by atoms with van der Waals surface area (Å²) in [6.45, 7) is 2.42. The summed E-state index contributed by atoms with van der Waals surface area (Å²) in [6.07, 6.45) is 6.82. The molecule has 2 heterocycles. The molecule has 0 aromatic heterocycles. The first-order valence-corrected chi connectivity index (χ1v) is 8.92. The molecule has 3 atom stereocenters. The fourth-order valence-electron chi connectivity index (χ4n) is 4.57. The third kappa shape index (κ3) is 1.84. The van der Waals surface area contributed by atoms with Crippen molar-refractivity contribution in [2.45, 2.75) is 38.1 Å². The maximum absolute atomic E-state index is 9.57. The molecular formula is C13H23NO2S. The zero-order chi connectivity index (χ0) is 11.7.